The summed E-state index contributed by atoms with van der Waals surface area (Å²) in [5.41, 5.74) is 2.65. The maximum Gasteiger partial charge on any atom is 0.264 e. The Morgan fingerprint density at radius 3 is 2.20 bits per heavy atom. The Morgan fingerprint density at radius 1 is 0.913 bits per heavy atom. The first-order valence-corrected chi connectivity index (χ1v) is 16.9. The van der Waals surface area contributed by atoms with E-state index in [2.05, 4.69) is 5.32 Å². The van der Waals surface area contributed by atoms with Gasteiger partial charge in [-0.25, -0.2) is 12.8 Å². The molecule has 0 spiro atoms. The van der Waals surface area contributed by atoms with Gasteiger partial charge >= 0.3 is 0 Å². The van der Waals surface area contributed by atoms with Crippen LogP contribution >= 0.6 is 11.6 Å². The number of anilines is 1. The fraction of sp³-hybridized carbons (Fsp3) is 0.278. The van der Waals surface area contributed by atoms with E-state index in [9.17, 15) is 18.0 Å². The van der Waals surface area contributed by atoms with Crippen LogP contribution in [0.4, 0.5) is 10.1 Å². The van der Waals surface area contributed by atoms with E-state index in [1.165, 1.54) is 23.1 Å². The number of halogens is 2. The van der Waals surface area contributed by atoms with Crippen LogP contribution in [0.3, 0.4) is 0 Å². The van der Waals surface area contributed by atoms with Gasteiger partial charge in [0.2, 0.25) is 11.8 Å². The summed E-state index contributed by atoms with van der Waals surface area (Å²) in [6.45, 7) is 6.45. The number of rotatable bonds is 13. The molecule has 2 amide bonds. The van der Waals surface area contributed by atoms with Crippen molar-refractivity contribution >= 4 is 39.1 Å². The minimum Gasteiger partial charge on any atom is -0.352 e. The Bertz CT molecular complexity index is 1770. The molecule has 2 atom stereocenters. The molecule has 0 aliphatic rings. The van der Waals surface area contributed by atoms with Gasteiger partial charge in [-0.15, -0.1) is 0 Å². The van der Waals surface area contributed by atoms with Crippen LogP contribution in [0.1, 0.15) is 42.5 Å². The molecule has 0 aliphatic heterocycles. The lowest BCUT2D eigenvalue weighted by Crippen LogP contribution is -2.54. The second-order valence-electron chi connectivity index (χ2n) is 11.4. The van der Waals surface area contributed by atoms with Crippen molar-refractivity contribution in [2.75, 3.05) is 10.8 Å². The zero-order valence-electron chi connectivity index (χ0n) is 26.4. The van der Waals surface area contributed by atoms with Crippen molar-refractivity contribution in [2.45, 2.75) is 64.1 Å². The van der Waals surface area contributed by atoms with Crippen molar-refractivity contribution in [2.24, 2.45) is 0 Å². The molecule has 0 saturated heterocycles. The normalized spacial score (nSPS) is 12.7. The Balaban J connectivity index is 1.84. The highest BCUT2D eigenvalue weighted by Crippen LogP contribution is 2.30. The summed E-state index contributed by atoms with van der Waals surface area (Å²) < 4.78 is 44.5. The number of nitrogens with one attached hydrogen (secondary N) is 1. The van der Waals surface area contributed by atoms with Crippen LogP contribution in [-0.2, 0) is 32.6 Å². The lowest BCUT2D eigenvalue weighted by Gasteiger charge is -2.34. The number of aryl methyl sites for hydroxylation is 2. The summed E-state index contributed by atoms with van der Waals surface area (Å²) in [6.07, 6.45) is 0.789. The number of sulfonamides is 1. The maximum atomic E-state index is 15.1. The average Bonchev–Trinajstić information content (AvgIpc) is 3.03. The van der Waals surface area contributed by atoms with Gasteiger partial charge < -0.3 is 10.2 Å². The SMILES string of the molecule is CC[C@H](C)NC(=O)[C@@H](Cc1ccccc1)N(Cc1ccccc1F)C(=O)CN(c1ccc(Cl)cc1C)S(=O)(=O)c1ccc(C)cc1. The predicted molar refractivity (Wildman–Crippen MR) is 181 cm³/mol. The molecule has 7 nitrogen and oxygen atoms in total. The Morgan fingerprint density at radius 2 is 1.57 bits per heavy atom. The fourth-order valence-electron chi connectivity index (χ4n) is 5.05. The van der Waals surface area contributed by atoms with Crippen molar-refractivity contribution < 1.29 is 22.4 Å². The smallest absolute Gasteiger partial charge is 0.264 e. The highest BCUT2D eigenvalue weighted by atomic mass is 35.5. The molecule has 0 fully saturated rings. The van der Waals surface area contributed by atoms with Crippen molar-refractivity contribution in [3.63, 3.8) is 0 Å². The summed E-state index contributed by atoms with van der Waals surface area (Å²) >= 11 is 6.22. The number of hydrogen-bond acceptors (Lipinski definition) is 4. The predicted octanol–water partition coefficient (Wildman–Crippen LogP) is 6.85. The van der Waals surface area contributed by atoms with Gasteiger partial charge in [0.1, 0.15) is 18.4 Å². The first-order chi connectivity index (χ1) is 21.9. The summed E-state index contributed by atoms with van der Waals surface area (Å²) in [5.74, 6) is -1.63. The standard InChI is InChI=1S/C36H39ClFN3O4S/c1-5-27(4)39-36(43)34(22-28-11-7-6-8-12-28)40(23-29-13-9-10-14-32(29)38)35(42)24-41(33-20-17-30(37)21-26(33)3)46(44,45)31-18-15-25(2)16-19-31/h6-21,27,34H,5,22-24H2,1-4H3,(H,39,43)/t27-,34+/m0/s1. The maximum absolute atomic E-state index is 15.1. The molecule has 0 unspecified atom stereocenters. The molecule has 0 radical (unpaired) electrons. The number of amides is 2. The van der Waals surface area contributed by atoms with Crippen LogP contribution in [0, 0.1) is 19.7 Å². The lowest BCUT2D eigenvalue weighted by molar-refractivity contribution is -0.140. The van der Waals surface area contributed by atoms with Crippen LogP contribution in [0.2, 0.25) is 5.02 Å². The molecule has 1 N–H and O–H groups in total. The molecular formula is C36H39ClFN3O4S. The molecule has 0 saturated carbocycles. The minimum atomic E-state index is -4.28. The fourth-order valence-corrected chi connectivity index (χ4v) is 6.76. The van der Waals surface area contributed by atoms with Gasteiger partial charge in [0.25, 0.3) is 10.0 Å². The van der Waals surface area contributed by atoms with E-state index in [4.69, 9.17) is 11.6 Å². The highest BCUT2D eigenvalue weighted by molar-refractivity contribution is 7.92. The van der Waals surface area contributed by atoms with Crippen LogP contribution in [-0.4, -0.2) is 43.8 Å². The van der Waals surface area contributed by atoms with E-state index < -0.39 is 40.2 Å². The molecule has 0 heterocycles. The minimum absolute atomic E-state index is 0.00347. The van der Waals surface area contributed by atoms with Crippen LogP contribution in [0.5, 0.6) is 0 Å². The summed E-state index contributed by atoms with van der Waals surface area (Å²) in [7, 11) is -4.28. The number of benzene rings is 4. The van der Waals surface area contributed by atoms with E-state index >= 15 is 4.39 Å². The first kappa shape index (κ1) is 34.7. The molecule has 0 aromatic heterocycles. The Kier molecular flexibility index (Phi) is 11.6. The zero-order valence-corrected chi connectivity index (χ0v) is 28.0. The first-order valence-electron chi connectivity index (χ1n) is 15.1. The molecule has 46 heavy (non-hydrogen) atoms. The second kappa shape index (κ2) is 15.4. The van der Waals surface area contributed by atoms with Gasteiger partial charge in [-0.1, -0.05) is 84.8 Å². The monoisotopic (exact) mass is 663 g/mol. The molecule has 242 valence electrons. The van der Waals surface area contributed by atoms with Gasteiger partial charge in [-0.2, -0.15) is 0 Å². The number of carbonyl (C=O) groups excluding carboxylic acids is 2. The summed E-state index contributed by atoms with van der Waals surface area (Å²) in [5, 5.41) is 3.38. The zero-order chi connectivity index (χ0) is 33.4. The average molecular weight is 664 g/mol. The molecular weight excluding hydrogens is 625 g/mol. The van der Waals surface area contributed by atoms with Crippen molar-refractivity contribution in [1.29, 1.82) is 0 Å². The summed E-state index contributed by atoms with van der Waals surface area (Å²) in [4.78, 5) is 29.7. The van der Waals surface area contributed by atoms with Gasteiger partial charge in [0, 0.05) is 29.6 Å². The van der Waals surface area contributed by atoms with E-state index in [0.717, 1.165) is 15.4 Å². The second-order valence-corrected chi connectivity index (χ2v) is 13.7. The Hall–Kier alpha value is -4.21. The number of nitrogens with zero attached hydrogens (tertiary/aromatic N) is 2. The third-order valence-corrected chi connectivity index (χ3v) is 9.90. The molecule has 4 aromatic carbocycles. The number of carbonyl (C=O) groups is 2. The van der Waals surface area contributed by atoms with Gasteiger partial charge in [0.05, 0.1) is 10.6 Å². The quantitative estimate of drug-likeness (QED) is 0.170. The largest absolute Gasteiger partial charge is 0.352 e. The van der Waals surface area contributed by atoms with Crippen molar-refractivity contribution in [3.8, 4) is 0 Å². The molecule has 4 aromatic rings. The molecule has 0 aliphatic carbocycles. The molecule has 0 bridgehead atoms. The molecule has 4 rings (SSSR count). The lowest BCUT2D eigenvalue weighted by atomic mass is 10.0. The van der Waals surface area contributed by atoms with Gasteiger partial charge in [-0.05, 0) is 74.7 Å². The van der Waals surface area contributed by atoms with E-state index in [0.29, 0.717) is 17.0 Å². The third-order valence-electron chi connectivity index (χ3n) is 7.89. The van der Waals surface area contributed by atoms with Crippen LogP contribution < -0.4 is 9.62 Å². The van der Waals surface area contributed by atoms with Crippen molar-refractivity contribution in [3.05, 3.63) is 130 Å². The van der Waals surface area contributed by atoms with E-state index in [1.807, 2.05) is 51.1 Å². The number of hydrogen-bond donors (Lipinski definition) is 1. The molecule has 10 heteroatoms. The van der Waals surface area contributed by atoms with Gasteiger partial charge in [0.15, 0.2) is 0 Å². The Labute approximate surface area is 276 Å². The van der Waals surface area contributed by atoms with Gasteiger partial charge in [-0.3, -0.25) is 13.9 Å². The van der Waals surface area contributed by atoms with E-state index in [1.54, 1.807) is 55.5 Å². The third kappa shape index (κ3) is 8.53. The van der Waals surface area contributed by atoms with Crippen LogP contribution in [0.25, 0.3) is 0 Å². The summed E-state index contributed by atoms with van der Waals surface area (Å²) in [6, 6.07) is 25.0. The topological polar surface area (TPSA) is 86.8 Å². The highest BCUT2D eigenvalue weighted by Gasteiger charge is 2.35. The van der Waals surface area contributed by atoms with Crippen molar-refractivity contribution in [1.82, 2.24) is 10.2 Å². The van der Waals surface area contributed by atoms with Crippen LogP contribution in [0.15, 0.2) is 102 Å². The van der Waals surface area contributed by atoms with E-state index in [-0.39, 0.29) is 35.2 Å².